The van der Waals surface area contributed by atoms with Gasteiger partial charge in [0.2, 0.25) is 11.9 Å². The molecular weight excluding hydrogens is 344 g/mol. The molecule has 3 rings (SSSR count). The van der Waals surface area contributed by atoms with Crippen LogP contribution < -0.4 is 21.7 Å². The zero-order chi connectivity index (χ0) is 19.2. The van der Waals surface area contributed by atoms with Gasteiger partial charge < -0.3 is 21.7 Å². The van der Waals surface area contributed by atoms with Crippen molar-refractivity contribution in [2.45, 2.75) is 82.8 Å². The van der Waals surface area contributed by atoms with Gasteiger partial charge in [-0.1, -0.05) is 19.8 Å². The van der Waals surface area contributed by atoms with Gasteiger partial charge in [-0.3, -0.25) is 9.59 Å². The molecule has 0 spiro atoms. The summed E-state index contributed by atoms with van der Waals surface area (Å²) >= 11 is 0. The minimum atomic E-state index is -0.534. The number of anilines is 2. The van der Waals surface area contributed by atoms with Gasteiger partial charge in [-0.05, 0) is 38.5 Å². The van der Waals surface area contributed by atoms with Crippen molar-refractivity contribution in [3.63, 3.8) is 0 Å². The number of aromatic nitrogens is 2. The molecule has 1 aromatic heterocycles. The van der Waals surface area contributed by atoms with E-state index in [4.69, 9.17) is 5.73 Å². The van der Waals surface area contributed by atoms with Crippen LogP contribution in [0.3, 0.4) is 0 Å². The number of carbonyl (C=O) groups excluding carboxylic acids is 2. The van der Waals surface area contributed by atoms with Crippen molar-refractivity contribution >= 4 is 23.6 Å². The lowest BCUT2D eigenvalue weighted by Gasteiger charge is -2.30. The van der Waals surface area contributed by atoms with Crippen LogP contribution in [0.15, 0.2) is 6.20 Å². The van der Waals surface area contributed by atoms with Crippen molar-refractivity contribution in [3.8, 4) is 0 Å². The first-order chi connectivity index (χ1) is 13.0. The number of rotatable bonds is 7. The number of primary amides is 1. The molecule has 1 aromatic rings. The van der Waals surface area contributed by atoms with Gasteiger partial charge in [0.15, 0.2) is 0 Å². The summed E-state index contributed by atoms with van der Waals surface area (Å²) in [4.78, 5) is 32.1. The Labute approximate surface area is 160 Å². The molecule has 2 fully saturated rings. The van der Waals surface area contributed by atoms with Gasteiger partial charge in [-0.25, -0.2) is 4.98 Å². The molecule has 2 aliphatic carbocycles. The fourth-order valence-electron chi connectivity index (χ4n) is 3.90. The van der Waals surface area contributed by atoms with Crippen molar-refractivity contribution < 1.29 is 9.59 Å². The Kier molecular flexibility index (Phi) is 6.47. The number of hydrogen-bond donors (Lipinski definition) is 4. The summed E-state index contributed by atoms with van der Waals surface area (Å²) in [5.74, 6) is 0.604. The Balaban J connectivity index is 1.62. The highest BCUT2D eigenvalue weighted by molar-refractivity contribution is 5.97. The predicted octanol–water partition coefficient (Wildman–Crippen LogP) is 2.18. The van der Waals surface area contributed by atoms with Crippen molar-refractivity contribution in [3.05, 3.63) is 11.8 Å². The molecule has 1 heterocycles. The Morgan fingerprint density at radius 3 is 2.30 bits per heavy atom. The molecule has 2 aliphatic rings. The molecule has 8 nitrogen and oxygen atoms in total. The Morgan fingerprint density at radius 1 is 1.04 bits per heavy atom. The molecule has 0 bridgehead atoms. The van der Waals surface area contributed by atoms with Crippen LogP contribution in [-0.2, 0) is 4.79 Å². The number of amides is 2. The van der Waals surface area contributed by atoms with Crippen LogP contribution in [0.1, 0.15) is 75.1 Å². The maximum Gasteiger partial charge on any atom is 0.254 e. The van der Waals surface area contributed by atoms with Crippen LogP contribution in [0.4, 0.5) is 11.8 Å². The smallest absolute Gasteiger partial charge is 0.254 e. The summed E-state index contributed by atoms with van der Waals surface area (Å²) in [5.41, 5.74) is 5.81. The number of nitrogens with one attached hydrogen (secondary N) is 3. The molecule has 0 aliphatic heterocycles. The minimum Gasteiger partial charge on any atom is -0.367 e. The lowest BCUT2D eigenvalue weighted by Crippen LogP contribution is -2.40. The fraction of sp³-hybridized carbons (Fsp3) is 0.684. The highest BCUT2D eigenvalue weighted by Crippen LogP contribution is 2.25. The van der Waals surface area contributed by atoms with Crippen LogP contribution in [0, 0.1) is 0 Å². The van der Waals surface area contributed by atoms with E-state index < -0.39 is 5.91 Å². The van der Waals surface area contributed by atoms with E-state index in [0.29, 0.717) is 29.8 Å². The molecule has 0 aromatic carbocycles. The van der Waals surface area contributed by atoms with Crippen LogP contribution >= 0.6 is 0 Å². The second-order valence-electron chi connectivity index (χ2n) is 7.56. The summed E-state index contributed by atoms with van der Waals surface area (Å²) < 4.78 is 0. The largest absolute Gasteiger partial charge is 0.367 e. The molecule has 2 saturated carbocycles. The van der Waals surface area contributed by atoms with Gasteiger partial charge in [0.05, 0.1) is 5.56 Å². The normalized spacial score (nSPS) is 23.0. The van der Waals surface area contributed by atoms with E-state index >= 15 is 0 Å². The Bertz CT molecular complexity index is 666. The Morgan fingerprint density at radius 2 is 1.67 bits per heavy atom. The summed E-state index contributed by atoms with van der Waals surface area (Å²) in [5, 5.41) is 9.79. The lowest BCUT2D eigenvalue weighted by atomic mass is 9.91. The topological polar surface area (TPSA) is 122 Å². The lowest BCUT2D eigenvalue weighted by molar-refractivity contribution is -0.121. The minimum absolute atomic E-state index is 0.0980. The molecule has 2 amide bonds. The standard InChI is InChI=1S/C19H30N6O2/c1-2-16(26)22-13-7-9-14(10-8-13)23-18-15(17(20)27)11-21-19(25-18)24-12-5-3-4-6-12/h11-14H,2-10H2,1H3,(H2,20,27)(H,22,26)(H2,21,23,24,25)/t13-,14+. The maximum atomic E-state index is 11.8. The summed E-state index contributed by atoms with van der Waals surface area (Å²) in [7, 11) is 0. The number of carbonyl (C=O) groups is 2. The van der Waals surface area contributed by atoms with Gasteiger partial charge in [0.1, 0.15) is 5.82 Å². The molecule has 0 unspecified atom stereocenters. The van der Waals surface area contributed by atoms with E-state index in [1.54, 1.807) is 0 Å². The first-order valence-electron chi connectivity index (χ1n) is 10.0. The van der Waals surface area contributed by atoms with Crippen LogP contribution in [0.2, 0.25) is 0 Å². The van der Waals surface area contributed by atoms with E-state index in [1.807, 2.05) is 6.92 Å². The predicted molar refractivity (Wildman–Crippen MR) is 105 cm³/mol. The molecule has 5 N–H and O–H groups in total. The highest BCUT2D eigenvalue weighted by Gasteiger charge is 2.24. The SMILES string of the molecule is CCC(=O)N[C@H]1CC[C@@H](Nc2nc(NC3CCCC3)ncc2C(N)=O)CC1. The molecule has 8 heteroatoms. The van der Waals surface area contributed by atoms with Gasteiger partial charge in [-0.15, -0.1) is 0 Å². The average molecular weight is 374 g/mol. The molecule has 0 atom stereocenters. The zero-order valence-electron chi connectivity index (χ0n) is 16.0. The summed E-state index contributed by atoms with van der Waals surface area (Å²) in [6.07, 6.45) is 10.3. The third kappa shape index (κ3) is 5.30. The number of nitrogens with two attached hydrogens (primary N) is 1. The maximum absolute atomic E-state index is 11.8. The van der Waals surface area contributed by atoms with Crippen molar-refractivity contribution in [1.82, 2.24) is 15.3 Å². The summed E-state index contributed by atoms with van der Waals surface area (Å²) in [6, 6.07) is 0.832. The number of nitrogens with zero attached hydrogens (tertiary/aromatic N) is 2. The van der Waals surface area contributed by atoms with Crippen molar-refractivity contribution in [2.24, 2.45) is 5.73 Å². The number of hydrogen-bond acceptors (Lipinski definition) is 6. The van der Waals surface area contributed by atoms with Crippen LogP contribution in [0.5, 0.6) is 0 Å². The monoisotopic (exact) mass is 374 g/mol. The third-order valence-electron chi connectivity index (χ3n) is 5.50. The van der Waals surface area contributed by atoms with Crippen LogP contribution in [0.25, 0.3) is 0 Å². The summed E-state index contributed by atoms with van der Waals surface area (Å²) in [6.45, 7) is 1.86. The quantitative estimate of drug-likeness (QED) is 0.580. The molecule has 0 radical (unpaired) electrons. The van der Waals surface area contributed by atoms with E-state index in [9.17, 15) is 9.59 Å². The van der Waals surface area contributed by atoms with Gasteiger partial charge in [-0.2, -0.15) is 4.98 Å². The van der Waals surface area contributed by atoms with Gasteiger partial charge in [0.25, 0.3) is 5.91 Å². The zero-order valence-corrected chi connectivity index (χ0v) is 16.0. The van der Waals surface area contributed by atoms with Crippen LogP contribution in [-0.4, -0.2) is 39.9 Å². The second-order valence-corrected chi connectivity index (χ2v) is 7.56. The van der Waals surface area contributed by atoms with E-state index in [1.165, 1.54) is 19.0 Å². The van der Waals surface area contributed by atoms with E-state index in [2.05, 4.69) is 25.9 Å². The molecule has 27 heavy (non-hydrogen) atoms. The molecule has 0 saturated heterocycles. The fourth-order valence-corrected chi connectivity index (χ4v) is 3.90. The van der Waals surface area contributed by atoms with Gasteiger partial charge in [0, 0.05) is 30.7 Å². The first kappa shape index (κ1) is 19.4. The average Bonchev–Trinajstić information content (AvgIpc) is 3.16. The second kappa shape index (κ2) is 9.01. The van der Waals surface area contributed by atoms with Gasteiger partial charge >= 0.3 is 0 Å². The Hall–Kier alpha value is -2.38. The van der Waals surface area contributed by atoms with E-state index in [0.717, 1.165) is 38.5 Å². The highest BCUT2D eigenvalue weighted by atomic mass is 16.2. The van der Waals surface area contributed by atoms with Crippen molar-refractivity contribution in [2.75, 3.05) is 10.6 Å². The van der Waals surface area contributed by atoms with E-state index in [-0.39, 0.29) is 18.0 Å². The first-order valence-corrected chi connectivity index (χ1v) is 10.0. The molecular formula is C19H30N6O2. The van der Waals surface area contributed by atoms with Crippen molar-refractivity contribution in [1.29, 1.82) is 0 Å². The third-order valence-corrected chi connectivity index (χ3v) is 5.50. The molecule has 148 valence electrons.